The van der Waals surface area contributed by atoms with Crippen molar-refractivity contribution in [1.29, 1.82) is 0 Å². The molecule has 1 aromatic carbocycles. The Balaban J connectivity index is 1.45. The third-order valence-electron chi connectivity index (χ3n) is 4.56. The monoisotopic (exact) mass is 386 g/mol. The lowest BCUT2D eigenvalue weighted by Gasteiger charge is -2.13. The van der Waals surface area contributed by atoms with Gasteiger partial charge in [-0.2, -0.15) is 0 Å². The topological polar surface area (TPSA) is 84.0 Å². The van der Waals surface area contributed by atoms with Gasteiger partial charge in [0.1, 0.15) is 5.82 Å². The Labute approximate surface area is 161 Å². The Kier molecular flexibility index (Phi) is 6.81. The van der Waals surface area contributed by atoms with Crippen LogP contribution in [0.4, 0.5) is 11.6 Å². The zero-order valence-electron chi connectivity index (χ0n) is 15.4. The molecule has 0 bridgehead atoms. The second kappa shape index (κ2) is 9.50. The van der Waals surface area contributed by atoms with Crippen molar-refractivity contribution >= 4 is 21.7 Å². The van der Waals surface area contributed by atoms with Crippen LogP contribution in [0.15, 0.2) is 54.1 Å². The fourth-order valence-corrected chi connectivity index (χ4v) is 4.11. The maximum atomic E-state index is 12.2. The fourth-order valence-electron chi connectivity index (χ4n) is 3.07. The summed E-state index contributed by atoms with van der Waals surface area (Å²) in [7, 11) is -3.46. The molecule has 1 heterocycles. The van der Waals surface area contributed by atoms with Crippen molar-refractivity contribution in [2.24, 2.45) is 0 Å². The minimum atomic E-state index is -3.46. The molecular formula is C20H26N4O2S. The van der Waals surface area contributed by atoms with Gasteiger partial charge in [-0.1, -0.05) is 42.0 Å². The molecule has 0 atom stereocenters. The van der Waals surface area contributed by atoms with Crippen LogP contribution in [0.3, 0.4) is 0 Å². The largest absolute Gasteiger partial charge is 0.368 e. The van der Waals surface area contributed by atoms with Crippen LogP contribution in [0.25, 0.3) is 0 Å². The van der Waals surface area contributed by atoms with Gasteiger partial charge in [-0.15, -0.1) is 10.2 Å². The van der Waals surface area contributed by atoms with Crippen LogP contribution in [0.2, 0.25) is 0 Å². The van der Waals surface area contributed by atoms with Crippen molar-refractivity contribution in [2.75, 3.05) is 22.3 Å². The van der Waals surface area contributed by atoms with E-state index >= 15 is 0 Å². The lowest BCUT2D eigenvalue weighted by molar-refractivity contribution is 0.600. The number of aryl methyl sites for hydroxylation is 1. The molecule has 0 aliphatic heterocycles. The van der Waals surface area contributed by atoms with E-state index in [2.05, 4.69) is 26.3 Å². The van der Waals surface area contributed by atoms with Gasteiger partial charge in [0.25, 0.3) is 0 Å². The lowest BCUT2D eigenvalue weighted by atomic mass is 9.97. The molecule has 0 saturated carbocycles. The van der Waals surface area contributed by atoms with Crippen molar-refractivity contribution in [3.8, 4) is 0 Å². The average molecular weight is 387 g/mol. The van der Waals surface area contributed by atoms with Gasteiger partial charge < -0.3 is 5.32 Å². The third kappa shape index (κ3) is 6.67. The highest BCUT2D eigenvalue weighted by atomic mass is 32.2. The molecule has 7 heteroatoms. The zero-order chi connectivity index (χ0) is 19.0. The summed E-state index contributed by atoms with van der Waals surface area (Å²) in [5.41, 5.74) is 2.49. The standard InChI is InChI=1S/C20H26N4O2S/c25-27(26,16-14-18-9-5-2-6-10-18)24-20-12-11-19(22-23-20)21-15-13-17-7-3-1-4-8-17/h2,5-7,9-12H,1,3-4,8,13-16H2,(H,21,22)(H,23,24). The molecule has 144 valence electrons. The molecule has 1 aliphatic rings. The van der Waals surface area contributed by atoms with Crippen LogP contribution in [0.5, 0.6) is 0 Å². The molecule has 27 heavy (non-hydrogen) atoms. The van der Waals surface area contributed by atoms with Crippen molar-refractivity contribution in [2.45, 2.75) is 38.5 Å². The fraction of sp³-hybridized carbons (Fsp3) is 0.400. The summed E-state index contributed by atoms with van der Waals surface area (Å²) in [5, 5.41) is 11.3. The second-order valence-corrected chi connectivity index (χ2v) is 8.59. The SMILES string of the molecule is O=S(=O)(CCc1ccccc1)Nc1ccc(NCCC2=CCCCC2)nn1. The first-order valence-electron chi connectivity index (χ1n) is 9.41. The summed E-state index contributed by atoms with van der Waals surface area (Å²) in [5.74, 6) is 0.899. The Bertz CT molecular complexity index is 849. The lowest BCUT2D eigenvalue weighted by Crippen LogP contribution is -2.19. The summed E-state index contributed by atoms with van der Waals surface area (Å²) in [6, 6.07) is 12.9. The molecule has 0 amide bonds. The molecule has 0 saturated heterocycles. The molecule has 1 aliphatic carbocycles. The van der Waals surface area contributed by atoms with Gasteiger partial charge in [-0.05, 0) is 56.2 Å². The maximum Gasteiger partial charge on any atom is 0.234 e. The molecule has 2 N–H and O–H groups in total. The van der Waals surface area contributed by atoms with Crippen LogP contribution in [0, 0.1) is 0 Å². The number of hydrogen-bond acceptors (Lipinski definition) is 5. The Morgan fingerprint density at radius 2 is 1.70 bits per heavy atom. The maximum absolute atomic E-state index is 12.2. The van der Waals surface area contributed by atoms with E-state index in [4.69, 9.17) is 0 Å². The van der Waals surface area contributed by atoms with Crippen LogP contribution < -0.4 is 10.0 Å². The van der Waals surface area contributed by atoms with Crippen molar-refractivity contribution in [3.05, 3.63) is 59.7 Å². The van der Waals surface area contributed by atoms with E-state index < -0.39 is 10.0 Å². The molecule has 0 spiro atoms. The van der Waals surface area contributed by atoms with Crippen molar-refractivity contribution < 1.29 is 8.42 Å². The zero-order valence-corrected chi connectivity index (χ0v) is 16.2. The third-order valence-corrected chi connectivity index (χ3v) is 5.83. The van der Waals surface area contributed by atoms with Crippen LogP contribution in [-0.4, -0.2) is 30.9 Å². The molecule has 3 rings (SSSR count). The van der Waals surface area contributed by atoms with Crippen LogP contribution in [0.1, 0.15) is 37.7 Å². The predicted molar refractivity (Wildman–Crippen MR) is 109 cm³/mol. The number of anilines is 2. The number of rotatable bonds is 9. The highest BCUT2D eigenvalue weighted by Gasteiger charge is 2.12. The molecule has 6 nitrogen and oxygen atoms in total. The summed E-state index contributed by atoms with van der Waals surface area (Å²) < 4.78 is 26.9. The van der Waals surface area contributed by atoms with Gasteiger partial charge >= 0.3 is 0 Å². The first-order valence-corrected chi connectivity index (χ1v) is 11.1. The van der Waals surface area contributed by atoms with Crippen molar-refractivity contribution in [3.63, 3.8) is 0 Å². The van der Waals surface area contributed by atoms with Gasteiger partial charge in [-0.3, -0.25) is 4.72 Å². The van der Waals surface area contributed by atoms with Gasteiger partial charge in [0.2, 0.25) is 10.0 Å². The summed E-state index contributed by atoms with van der Waals surface area (Å²) >= 11 is 0. The minimum Gasteiger partial charge on any atom is -0.368 e. The first kappa shape index (κ1) is 19.4. The predicted octanol–water partition coefficient (Wildman–Crippen LogP) is 3.76. The quantitative estimate of drug-likeness (QED) is 0.641. The summed E-state index contributed by atoms with van der Waals surface area (Å²) in [6.07, 6.45) is 8.76. The van der Waals surface area contributed by atoms with E-state index in [1.54, 1.807) is 12.1 Å². The minimum absolute atomic E-state index is 0.00774. The molecule has 1 aromatic heterocycles. The Hall–Kier alpha value is -2.41. The number of nitrogens with zero attached hydrogens (tertiary/aromatic N) is 2. The van der Waals surface area contributed by atoms with Gasteiger partial charge in [-0.25, -0.2) is 8.42 Å². The number of nitrogens with one attached hydrogen (secondary N) is 2. The highest BCUT2D eigenvalue weighted by Crippen LogP contribution is 2.20. The highest BCUT2D eigenvalue weighted by molar-refractivity contribution is 7.92. The number of allylic oxidation sites excluding steroid dienone is 1. The van der Waals surface area contributed by atoms with Gasteiger partial charge in [0, 0.05) is 6.54 Å². The van der Waals surface area contributed by atoms with E-state index in [1.807, 2.05) is 30.3 Å². The normalized spacial score (nSPS) is 14.4. The van der Waals surface area contributed by atoms with Gasteiger partial charge in [0.15, 0.2) is 5.82 Å². The first-order chi connectivity index (χ1) is 13.1. The molecule has 0 unspecified atom stereocenters. The molecular weight excluding hydrogens is 360 g/mol. The van der Waals surface area contributed by atoms with E-state index in [0.29, 0.717) is 12.2 Å². The number of aromatic nitrogens is 2. The second-order valence-electron chi connectivity index (χ2n) is 6.75. The molecule has 0 fully saturated rings. The Morgan fingerprint density at radius 1 is 0.926 bits per heavy atom. The van der Waals surface area contributed by atoms with E-state index in [0.717, 1.165) is 18.5 Å². The summed E-state index contributed by atoms with van der Waals surface area (Å²) in [6.45, 7) is 0.808. The van der Waals surface area contributed by atoms with E-state index in [9.17, 15) is 8.42 Å². The van der Waals surface area contributed by atoms with Crippen LogP contribution in [-0.2, 0) is 16.4 Å². The number of sulfonamides is 1. The molecule has 0 radical (unpaired) electrons. The van der Waals surface area contributed by atoms with E-state index in [-0.39, 0.29) is 11.6 Å². The summed E-state index contributed by atoms with van der Waals surface area (Å²) in [4.78, 5) is 0. The van der Waals surface area contributed by atoms with Crippen LogP contribution >= 0.6 is 0 Å². The van der Waals surface area contributed by atoms with Crippen molar-refractivity contribution in [1.82, 2.24) is 10.2 Å². The van der Waals surface area contributed by atoms with Gasteiger partial charge in [0.05, 0.1) is 5.75 Å². The smallest absolute Gasteiger partial charge is 0.234 e. The molecule has 2 aromatic rings. The Morgan fingerprint density at radius 3 is 2.41 bits per heavy atom. The average Bonchev–Trinajstić information content (AvgIpc) is 2.69. The number of hydrogen-bond donors (Lipinski definition) is 2. The number of benzene rings is 1. The van der Waals surface area contributed by atoms with E-state index in [1.165, 1.54) is 31.3 Å².